The topological polar surface area (TPSA) is 51.2 Å². The lowest BCUT2D eigenvalue weighted by molar-refractivity contribution is -0.116. The molecule has 2 aromatic rings. The van der Waals surface area contributed by atoms with Crippen molar-refractivity contribution in [2.45, 2.75) is 11.3 Å². The Labute approximate surface area is 121 Å². The number of ketones is 1. The predicted octanol–water partition coefficient (Wildman–Crippen LogP) is 2.55. The molecule has 2 aromatic carbocycles. The maximum absolute atomic E-state index is 13.5. The Morgan fingerprint density at radius 1 is 0.905 bits per heavy atom. The molecule has 3 nitrogen and oxygen atoms in total. The normalized spacial score (nSPS) is 11.3. The van der Waals surface area contributed by atoms with E-state index in [1.165, 1.54) is 30.3 Å². The number of rotatable bonds is 5. The van der Waals surface area contributed by atoms with E-state index in [0.717, 1.165) is 12.1 Å². The standard InChI is InChI=1S/C15H12F2O3S/c16-13-6-2-1-5-11(13)9-12(18)10-21(19,20)15-8-4-3-7-14(15)17/h1-8H,9-10H2. The summed E-state index contributed by atoms with van der Waals surface area (Å²) < 4.78 is 50.9. The van der Waals surface area contributed by atoms with Gasteiger partial charge in [0, 0.05) is 6.42 Å². The SMILES string of the molecule is O=C(Cc1ccccc1F)CS(=O)(=O)c1ccccc1F. The Morgan fingerprint density at radius 2 is 1.48 bits per heavy atom. The zero-order valence-electron chi connectivity index (χ0n) is 10.9. The summed E-state index contributed by atoms with van der Waals surface area (Å²) in [7, 11) is -4.07. The molecule has 0 aromatic heterocycles. The van der Waals surface area contributed by atoms with Crippen molar-refractivity contribution >= 4 is 15.6 Å². The summed E-state index contributed by atoms with van der Waals surface area (Å²) in [6.45, 7) is 0. The van der Waals surface area contributed by atoms with Crippen LogP contribution in [0, 0.1) is 11.6 Å². The van der Waals surface area contributed by atoms with Crippen LogP contribution in [0.2, 0.25) is 0 Å². The number of hydrogen-bond acceptors (Lipinski definition) is 3. The largest absolute Gasteiger partial charge is 0.298 e. The molecule has 0 radical (unpaired) electrons. The maximum Gasteiger partial charge on any atom is 0.188 e. The van der Waals surface area contributed by atoms with Gasteiger partial charge in [-0.2, -0.15) is 0 Å². The minimum absolute atomic E-state index is 0.117. The summed E-state index contributed by atoms with van der Waals surface area (Å²) in [6.07, 6.45) is -0.347. The van der Waals surface area contributed by atoms with Crippen LogP contribution in [0.3, 0.4) is 0 Å². The molecule has 0 aliphatic heterocycles. The fraction of sp³-hybridized carbons (Fsp3) is 0.133. The summed E-state index contributed by atoms with van der Waals surface area (Å²) in [4.78, 5) is 11.3. The van der Waals surface area contributed by atoms with Crippen molar-refractivity contribution in [2.75, 3.05) is 5.75 Å². The molecule has 0 aliphatic rings. The van der Waals surface area contributed by atoms with Gasteiger partial charge in [-0.25, -0.2) is 17.2 Å². The van der Waals surface area contributed by atoms with E-state index < -0.39 is 37.9 Å². The highest BCUT2D eigenvalue weighted by atomic mass is 32.2. The van der Waals surface area contributed by atoms with Gasteiger partial charge < -0.3 is 0 Å². The van der Waals surface area contributed by atoms with E-state index in [2.05, 4.69) is 0 Å². The Balaban J connectivity index is 2.16. The Hall–Kier alpha value is -2.08. The van der Waals surface area contributed by atoms with E-state index in [-0.39, 0.29) is 12.0 Å². The Bertz CT molecular complexity index is 770. The lowest BCUT2D eigenvalue weighted by Crippen LogP contribution is -2.19. The van der Waals surface area contributed by atoms with Gasteiger partial charge in [-0.1, -0.05) is 30.3 Å². The van der Waals surface area contributed by atoms with Crippen LogP contribution in [0.4, 0.5) is 8.78 Å². The molecule has 0 unspecified atom stereocenters. The second kappa shape index (κ2) is 6.13. The van der Waals surface area contributed by atoms with Gasteiger partial charge in [0.25, 0.3) is 0 Å². The highest BCUT2D eigenvalue weighted by Gasteiger charge is 2.23. The zero-order valence-corrected chi connectivity index (χ0v) is 11.7. The minimum atomic E-state index is -4.07. The first-order chi connectivity index (χ1) is 9.90. The third-order valence-corrected chi connectivity index (χ3v) is 4.57. The second-order valence-electron chi connectivity index (χ2n) is 4.50. The van der Waals surface area contributed by atoms with Crippen LogP contribution in [0.25, 0.3) is 0 Å². The quantitative estimate of drug-likeness (QED) is 0.853. The molecule has 21 heavy (non-hydrogen) atoms. The van der Waals surface area contributed by atoms with E-state index in [4.69, 9.17) is 0 Å². The van der Waals surface area contributed by atoms with Crippen molar-refractivity contribution in [3.63, 3.8) is 0 Å². The third kappa shape index (κ3) is 3.72. The number of sulfone groups is 1. The van der Waals surface area contributed by atoms with Crippen molar-refractivity contribution in [1.29, 1.82) is 0 Å². The molecule has 0 bridgehead atoms. The summed E-state index contributed by atoms with van der Waals surface area (Å²) in [5, 5.41) is 0. The number of carbonyl (C=O) groups excluding carboxylic acids is 1. The van der Waals surface area contributed by atoms with Gasteiger partial charge in [0.2, 0.25) is 0 Å². The zero-order chi connectivity index (χ0) is 15.5. The molecule has 6 heteroatoms. The van der Waals surface area contributed by atoms with Crippen LogP contribution in [0.1, 0.15) is 5.56 Å². The first-order valence-corrected chi connectivity index (χ1v) is 7.78. The van der Waals surface area contributed by atoms with Crippen LogP contribution in [-0.2, 0) is 21.1 Å². The lowest BCUT2D eigenvalue weighted by Gasteiger charge is -2.06. The molecular formula is C15H12F2O3S. The Kier molecular flexibility index (Phi) is 4.47. The third-order valence-electron chi connectivity index (χ3n) is 2.87. The van der Waals surface area contributed by atoms with Crippen LogP contribution in [-0.4, -0.2) is 20.0 Å². The smallest absolute Gasteiger partial charge is 0.188 e. The van der Waals surface area contributed by atoms with Crippen molar-refractivity contribution in [1.82, 2.24) is 0 Å². The average molecular weight is 310 g/mol. The van der Waals surface area contributed by atoms with Gasteiger partial charge in [0.15, 0.2) is 15.6 Å². The van der Waals surface area contributed by atoms with E-state index in [0.29, 0.717) is 0 Å². The maximum atomic E-state index is 13.5. The first-order valence-electron chi connectivity index (χ1n) is 6.12. The molecule has 0 aliphatic carbocycles. The van der Waals surface area contributed by atoms with E-state index in [1.54, 1.807) is 6.07 Å². The van der Waals surface area contributed by atoms with Gasteiger partial charge in [-0.3, -0.25) is 4.79 Å². The molecule has 0 spiro atoms. The average Bonchev–Trinajstić information content (AvgIpc) is 2.41. The highest BCUT2D eigenvalue weighted by molar-refractivity contribution is 7.92. The van der Waals surface area contributed by atoms with Crippen LogP contribution in [0.15, 0.2) is 53.4 Å². The number of hydrogen-bond donors (Lipinski definition) is 0. The van der Waals surface area contributed by atoms with Crippen molar-refractivity contribution in [2.24, 2.45) is 0 Å². The monoisotopic (exact) mass is 310 g/mol. The van der Waals surface area contributed by atoms with Gasteiger partial charge in [-0.05, 0) is 23.8 Å². The minimum Gasteiger partial charge on any atom is -0.298 e. The number of Topliss-reactive ketones (excluding diaryl/α,β-unsaturated/α-hetero) is 1. The second-order valence-corrected chi connectivity index (χ2v) is 6.45. The van der Waals surface area contributed by atoms with E-state index in [9.17, 15) is 22.0 Å². The summed E-state index contributed by atoms with van der Waals surface area (Å²) in [6, 6.07) is 10.5. The van der Waals surface area contributed by atoms with Gasteiger partial charge in [-0.15, -0.1) is 0 Å². The molecule has 0 saturated heterocycles. The van der Waals surface area contributed by atoms with Crippen LogP contribution in [0.5, 0.6) is 0 Å². The lowest BCUT2D eigenvalue weighted by atomic mass is 10.1. The van der Waals surface area contributed by atoms with Crippen molar-refractivity contribution < 1.29 is 22.0 Å². The molecular weight excluding hydrogens is 298 g/mol. The fourth-order valence-corrected chi connectivity index (χ4v) is 3.22. The molecule has 0 saturated carbocycles. The fourth-order valence-electron chi connectivity index (χ4n) is 1.89. The van der Waals surface area contributed by atoms with Gasteiger partial charge >= 0.3 is 0 Å². The molecule has 0 heterocycles. The van der Waals surface area contributed by atoms with Gasteiger partial charge in [0.05, 0.1) is 0 Å². The predicted molar refractivity (Wildman–Crippen MR) is 73.6 cm³/mol. The van der Waals surface area contributed by atoms with Crippen LogP contribution < -0.4 is 0 Å². The van der Waals surface area contributed by atoms with E-state index >= 15 is 0 Å². The molecule has 0 fully saturated rings. The molecule has 0 atom stereocenters. The first kappa shape index (κ1) is 15.3. The number of benzene rings is 2. The van der Waals surface area contributed by atoms with E-state index in [1.807, 2.05) is 0 Å². The molecule has 0 amide bonds. The van der Waals surface area contributed by atoms with Crippen molar-refractivity contribution in [3.8, 4) is 0 Å². The number of carbonyl (C=O) groups is 1. The summed E-state index contributed by atoms with van der Waals surface area (Å²) >= 11 is 0. The molecule has 0 N–H and O–H groups in total. The summed E-state index contributed by atoms with van der Waals surface area (Å²) in [5.74, 6) is -3.03. The number of halogens is 2. The molecule has 110 valence electrons. The highest BCUT2D eigenvalue weighted by Crippen LogP contribution is 2.16. The van der Waals surface area contributed by atoms with Crippen LogP contribution >= 0.6 is 0 Å². The summed E-state index contributed by atoms with van der Waals surface area (Å²) in [5.41, 5.74) is 0.117. The molecule has 2 rings (SSSR count). The van der Waals surface area contributed by atoms with Crippen molar-refractivity contribution in [3.05, 3.63) is 65.7 Å². The Morgan fingerprint density at radius 3 is 2.10 bits per heavy atom. The van der Waals surface area contributed by atoms with Gasteiger partial charge in [0.1, 0.15) is 22.3 Å².